The highest BCUT2D eigenvalue weighted by molar-refractivity contribution is 5.81. The van der Waals surface area contributed by atoms with Crippen LogP contribution < -0.4 is 0 Å². The van der Waals surface area contributed by atoms with E-state index in [0.29, 0.717) is 13.0 Å². The highest BCUT2D eigenvalue weighted by Gasteiger charge is 2.43. The molecule has 2 aliphatic rings. The Morgan fingerprint density at radius 1 is 1.48 bits per heavy atom. The number of methoxy groups -OCH3 is 1. The van der Waals surface area contributed by atoms with Crippen LogP contribution in [0.4, 0.5) is 0 Å². The first-order valence-corrected chi connectivity index (χ1v) is 7.23. The predicted molar refractivity (Wildman–Crippen MR) is 77.9 cm³/mol. The van der Waals surface area contributed by atoms with E-state index < -0.39 is 5.60 Å². The van der Waals surface area contributed by atoms with Crippen molar-refractivity contribution in [3.8, 4) is 0 Å². The van der Waals surface area contributed by atoms with Crippen molar-refractivity contribution in [1.82, 2.24) is 0 Å². The minimum absolute atomic E-state index is 0.0406. The van der Waals surface area contributed by atoms with Gasteiger partial charge in [-0.1, -0.05) is 30.3 Å². The summed E-state index contributed by atoms with van der Waals surface area (Å²) in [6, 6.07) is 8.34. The number of ether oxygens (including phenoxy) is 3. The van der Waals surface area contributed by atoms with Gasteiger partial charge in [0.1, 0.15) is 6.10 Å². The van der Waals surface area contributed by atoms with Gasteiger partial charge in [0.05, 0.1) is 25.4 Å². The van der Waals surface area contributed by atoms with Crippen molar-refractivity contribution < 1.29 is 19.0 Å². The Bertz CT molecular complexity index is 566. The molecule has 1 fully saturated rings. The molecule has 4 nitrogen and oxygen atoms in total. The summed E-state index contributed by atoms with van der Waals surface area (Å²) < 4.78 is 16.9. The van der Waals surface area contributed by atoms with Crippen LogP contribution in [0, 0.1) is 0 Å². The van der Waals surface area contributed by atoms with Crippen molar-refractivity contribution >= 4 is 5.97 Å². The summed E-state index contributed by atoms with van der Waals surface area (Å²) in [7, 11) is 1.37. The van der Waals surface area contributed by atoms with Crippen LogP contribution in [0.1, 0.15) is 30.6 Å². The summed E-state index contributed by atoms with van der Waals surface area (Å²) >= 11 is 0. The van der Waals surface area contributed by atoms with E-state index in [0.717, 1.165) is 6.42 Å². The predicted octanol–water partition coefficient (Wildman–Crippen LogP) is 2.58. The lowest BCUT2D eigenvalue weighted by molar-refractivity contribution is -0.220. The van der Waals surface area contributed by atoms with Gasteiger partial charge in [-0.2, -0.15) is 0 Å². The fourth-order valence-electron chi connectivity index (χ4n) is 3.07. The summed E-state index contributed by atoms with van der Waals surface area (Å²) in [5.74, 6) is -0.346. The Morgan fingerprint density at radius 3 is 3.10 bits per heavy atom. The number of carbonyl (C=O) groups excluding carboxylic acids is 1. The summed E-state index contributed by atoms with van der Waals surface area (Å²) in [6.07, 6.45) is 4.84. The van der Waals surface area contributed by atoms with E-state index >= 15 is 0 Å². The van der Waals surface area contributed by atoms with Crippen molar-refractivity contribution in [2.75, 3.05) is 13.7 Å². The third-order valence-corrected chi connectivity index (χ3v) is 4.13. The molecular formula is C17H20O4. The van der Waals surface area contributed by atoms with Crippen LogP contribution in [0.25, 0.3) is 0 Å². The summed E-state index contributed by atoms with van der Waals surface area (Å²) in [4.78, 5) is 11.1. The van der Waals surface area contributed by atoms with E-state index in [4.69, 9.17) is 9.47 Å². The van der Waals surface area contributed by atoms with Crippen LogP contribution >= 0.6 is 0 Å². The van der Waals surface area contributed by atoms with Gasteiger partial charge in [-0.15, -0.1) is 0 Å². The summed E-state index contributed by atoms with van der Waals surface area (Å²) in [5, 5.41) is 0. The molecule has 21 heavy (non-hydrogen) atoms. The minimum atomic E-state index is -0.395. The van der Waals surface area contributed by atoms with Gasteiger partial charge < -0.3 is 14.2 Å². The maximum absolute atomic E-state index is 11.1. The van der Waals surface area contributed by atoms with Gasteiger partial charge in [0.25, 0.3) is 0 Å². The summed E-state index contributed by atoms with van der Waals surface area (Å²) in [6.45, 7) is 2.54. The van der Waals surface area contributed by atoms with E-state index in [-0.39, 0.29) is 18.2 Å². The Kier molecular flexibility index (Phi) is 3.83. The molecule has 3 atom stereocenters. The van der Waals surface area contributed by atoms with Crippen molar-refractivity contribution in [2.45, 2.75) is 37.6 Å². The molecule has 0 aromatic heterocycles. The molecule has 0 amide bonds. The number of fused-ring (bicyclic) bond motifs is 3. The quantitative estimate of drug-likeness (QED) is 0.633. The van der Waals surface area contributed by atoms with Gasteiger partial charge in [-0.25, -0.2) is 4.79 Å². The lowest BCUT2D eigenvalue weighted by atomic mass is 9.99. The number of carbonyl (C=O) groups is 1. The normalized spacial score (nSPS) is 31.0. The first-order chi connectivity index (χ1) is 10.1. The second-order valence-electron chi connectivity index (χ2n) is 5.87. The van der Waals surface area contributed by atoms with Gasteiger partial charge in [0.15, 0.2) is 0 Å². The molecule has 1 aromatic carbocycles. The van der Waals surface area contributed by atoms with Crippen LogP contribution in [0.2, 0.25) is 0 Å². The molecule has 0 spiro atoms. The zero-order chi connectivity index (χ0) is 14.9. The van der Waals surface area contributed by atoms with E-state index in [1.165, 1.54) is 24.3 Å². The van der Waals surface area contributed by atoms with Crippen molar-refractivity contribution in [3.05, 3.63) is 47.5 Å². The van der Waals surface area contributed by atoms with Gasteiger partial charge in [-0.05, 0) is 24.5 Å². The van der Waals surface area contributed by atoms with Crippen molar-refractivity contribution in [2.24, 2.45) is 0 Å². The van der Waals surface area contributed by atoms with Gasteiger partial charge in [-0.3, -0.25) is 0 Å². The lowest BCUT2D eigenvalue weighted by Gasteiger charge is -2.40. The van der Waals surface area contributed by atoms with Gasteiger partial charge in [0, 0.05) is 12.5 Å². The van der Waals surface area contributed by atoms with E-state index in [1.54, 1.807) is 6.08 Å². The minimum Gasteiger partial charge on any atom is -0.466 e. The van der Waals surface area contributed by atoms with Crippen LogP contribution in [0.3, 0.4) is 0 Å². The molecule has 0 saturated carbocycles. The first-order valence-electron chi connectivity index (χ1n) is 7.23. The number of hydrogen-bond acceptors (Lipinski definition) is 4. The SMILES string of the molecule is COC(=O)/C=C/C[C@@]1(C)CO[C@H]2c3ccccc3C[C@H]2O1. The molecule has 1 saturated heterocycles. The molecule has 112 valence electrons. The molecule has 1 aromatic rings. The van der Waals surface area contributed by atoms with Crippen LogP contribution in [-0.2, 0) is 25.4 Å². The molecule has 0 unspecified atom stereocenters. The molecule has 1 aliphatic carbocycles. The Balaban J connectivity index is 1.66. The molecule has 0 radical (unpaired) electrons. The lowest BCUT2D eigenvalue weighted by Crippen LogP contribution is -2.45. The fourth-order valence-corrected chi connectivity index (χ4v) is 3.07. The molecule has 1 aliphatic heterocycles. The smallest absolute Gasteiger partial charge is 0.330 e. The van der Waals surface area contributed by atoms with Gasteiger partial charge >= 0.3 is 5.97 Å². The molecular weight excluding hydrogens is 268 g/mol. The number of esters is 1. The molecule has 0 N–H and O–H groups in total. The Hall–Kier alpha value is -1.65. The molecule has 0 bridgehead atoms. The van der Waals surface area contributed by atoms with Crippen molar-refractivity contribution in [3.63, 3.8) is 0 Å². The van der Waals surface area contributed by atoms with Crippen LogP contribution in [0.5, 0.6) is 0 Å². The first kappa shape index (κ1) is 14.3. The Labute approximate surface area is 124 Å². The zero-order valence-corrected chi connectivity index (χ0v) is 12.4. The standard InChI is InChI=1S/C17H20O4/c1-17(9-5-8-15(18)19-2)11-20-16-13-7-4-3-6-12(13)10-14(16)21-17/h3-8,14,16H,9-11H2,1-2H3/b8-5+/t14-,16+,17+/m1/s1. The van der Waals surface area contributed by atoms with Crippen LogP contribution in [-0.4, -0.2) is 31.4 Å². The van der Waals surface area contributed by atoms with Crippen LogP contribution in [0.15, 0.2) is 36.4 Å². The number of rotatable bonds is 3. The van der Waals surface area contributed by atoms with Crippen molar-refractivity contribution in [1.29, 1.82) is 0 Å². The molecule has 4 heteroatoms. The highest BCUT2D eigenvalue weighted by Crippen LogP contribution is 2.42. The number of benzene rings is 1. The maximum Gasteiger partial charge on any atom is 0.330 e. The zero-order valence-electron chi connectivity index (χ0n) is 12.4. The second kappa shape index (κ2) is 5.62. The molecule has 3 rings (SSSR count). The summed E-state index contributed by atoms with van der Waals surface area (Å²) in [5.41, 5.74) is 2.16. The molecule has 1 heterocycles. The third-order valence-electron chi connectivity index (χ3n) is 4.13. The monoisotopic (exact) mass is 288 g/mol. The van der Waals surface area contributed by atoms with E-state index in [9.17, 15) is 4.79 Å². The Morgan fingerprint density at radius 2 is 2.29 bits per heavy atom. The third kappa shape index (κ3) is 2.87. The average molecular weight is 288 g/mol. The highest BCUT2D eigenvalue weighted by atomic mass is 16.6. The average Bonchev–Trinajstić information content (AvgIpc) is 2.83. The largest absolute Gasteiger partial charge is 0.466 e. The van der Waals surface area contributed by atoms with Gasteiger partial charge in [0.2, 0.25) is 0 Å². The van der Waals surface area contributed by atoms with E-state index in [2.05, 4.69) is 22.9 Å². The van der Waals surface area contributed by atoms with E-state index in [1.807, 2.05) is 13.0 Å². The fraction of sp³-hybridized carbons (Fsp3) is 0.471. The maximum atomic E-state index is 11.1. The topological polar surface area (TPSA) is 44.8 Å². The number of hydrogen-bond donors (Lipinski definition) is 0. The second-order valence-corrected chi connectivity index (χ2v) is 5.87.